The molecule has 0 unspecified atom stereocenters. The van der Waals surface area contributed by atoms with E-state index < -0.39 is 0 Å². The van der Waals surface area contributed by atoms with Crippen LogP contribution >= 0.6 is 0 Å². The molecule has 3 rings (SSSR count). The fraction of sp³-hybridized carbons (Fsp3) is 0.176. The normalized spacial score (nSPS) is 13.6. The fourth-order valence-corrected chi connectivity index (χ4v) is 3.09. The van der Waals surface area contributed by atoms with Crippen LogP contribution < -0.4 is 0 Å². The SMILES string of the molecule is C[S+](C)c1ccc(C2=Cc3ccccc3C2)cc1. The van der Waals surface area contributed by atoms with Crippen LogP contribution in [-0.4, -0.2) is 12.5 Å². The monoisotopic (exact) mass is 253 g/mol. The average molecular weight is 253 g/mol. The molecule has 0 amide bonds. The summed E-state index contributed by atoms with van der Waals surface area (Å²) in [6.45, 7) is 0. The molecule has 18 heavy (non-hydrogen) atoms. The van der Waals surface area contributed by atoms with E-state index in [-0.39, 0.29) is 0 Å². The molecule has 0 heterocycles. The van der Waals surface area contributed by atoms with Crippen molar-refractivity contribution in [2.75, 3.05) is 12.5 Å². The van der Waals surface area contributed by atoms with Crippen molar-refractivity contribution < 1.29 is 0 Å². The van der Waals surface area contributed by atoms with Gasteiger partial charge in [-0.15, -0.1) is 0 Å². The van der Waals surface area contributed by atoms with Crippen molar-refractivity contribution in [1.29, 1.82) is 0 Å². The Morgan fingerprint density at radius 2 is 1.61 bits per heavy atom. The number of hydrogen-bond donors (Lipinski definition) is 0. The van der Waals surface area contributed by atoms with E-state index >= 15 is 0 Å². The minimum Gasteiger partial charge on any atom is -0.0619 e. The first kappa shape index (κ1) is 11.6. The van der Waals surface area contributed by atoms with Crippen molar-refractivity contribution in [2.24, 2.45) is 0 Å². The molecule has 0 fully saturated rings. The van der Waals surface area contributed by atoms with Gasteiger partial charge in [0.15, 0.2) is 4.90 Å². The number of rotatable bonds is 2. The molecule has 0 spiro atoms. The molecule has 0 aromatic heterocycles. The third-order valence-corrected chi connectivity index (χ3v) is 4.68. The molecule has 0 saturated heterocycles. The summed E-state index contributed by atoms with van der Waals surface area (Å²) in [7, 11) is 0.352. The summed E-state index contributed by atoms with van der Waals surface area (Å²) in [6.07, 6.45) is 7.92. The summed E-state index contributed by atoms with van der Waals surface area (Å²) in [6, 6.07) is 17.7. The van der Waals surface area contributed by atoms with Gasteiger partial charge in [0.25, 0.3) is 0 Å². The third kappa shape index (κ3) is 2.11. The van der Waals surface area contributed by atoms with Gasteiger partial charge in [-0.2, -0.15) is 0 Å². The van der Waals surface area contributed by atoms with Crippen LogP contribution in [0.3, 0.4) is 0 Å². The first-order chi connectivity index (χ1) is 8.74. The molecule has 0 radical (unpaired) electrons. The zero-order valence-corrected chi connectivity index (χ0v) is 11.6. The summed E-state index contributed by atoms with van der Waals surface area (Å²) in [5.41, 5.74) is 5.62. The second kappa shape index (κ2) is 4.66. The molecule has 1 aliphatic carbocycles. The zero-order valence-electron chi connectivity index (χ0n) is 10.8. The van der Waals surface area contributed by atoms with Gasteiger partial charge in [-0.3, -0.25) is 0 Å². The van der Waals surface area contributed by atoms with Gasteiger partial charge in [-0.05, 0) is 52.9 Å². The van der Waals surface area contributed by atoms with Gasteiger partial charge < -0.3 is 0 Å². The van der Waals surface area contributed by atoms with E-state index in [0.717, 1.165) is 6.42 Å². The summed E-state index contributed by atoms with van der Waals surface area (Å²) in [5.74, 6) is 0. The average Bonchev–Trinajstić information content (AvgIpc) is 2.82. The van der Waals surface area contributed by atoms with Gasteiger partial charge in [-0.1, -0.05) is 30.3 Å². The molecule has 2 aromatic rings. The number of allylic oxidation sites excluding steroid dienone is 1. The van der Waals surface area contributed by atoms with Crippen LogP contribution in [0.25, 0.3) is 11.6 Å². The topological polar surface area (TPSA) is 0 Å². The maximum absolute atomic E-state index is 2.32. The Balaban J connectivity index is 1.90. The van der Waals surface area contributed by atoms with E-state index in [0.29, 0.717) is 10.9 Å². The molecule has 1 aliphatic rings. The van der Waals surface area contributed by atoms with Gasteiger partial charge in [0, 0.05) is 10.9 Å². The standard InChI is InChI=1S/C17H17S/c1-18(2)17-9-7-13(8-10-17)16-11-14-5-3-4-6-15(14)12-16/h3-11H,12H2,1-2H3/q+1. The Hall–Kier alpha value is -1.47. The van der Waals surface area contributed by atoms with Crippen LogP contribution in [-0.2, 0) is 17.3 Å². The maximum atomic E-state index is 2.32. The van der Waals surface area contributed by atoms with Crippen molar-refractivity contribution in [3.63, 3.8) is 0 Å². The van der Waals surface area contributed by atoms with Crippen molar-refractivity contribution in [2.45, 2.75) is 11.3 Å². The van der Waals surface area contributed by atoms with Gasteiger partial charge >= 0.3 is 0 Å². The molecule has 0 nitrogen and oxygen atoms in total. The molecule has 0 aliphatic heterocycles. The van der Waals surface area contributed by atoms with E-state index in [1.165, 1.54) is 27.2 Å². The smallest absolute Gasteiger partial charge is 0.0619 e. The van der Waals surface area contributed by atoms with E-state index in [1.807, 2.05) is 0 Å². The maximum Gasteiger partial charge on any atom is 0.154 e. The quantitative estimate of drug-likeness (QED) is 0.709. The molecular formula is C17H17S+. The lowest BCUT2D eigenvalue weighted by Crippen LogP contribution is -1.95. The predicted octanol–water partition coefficient (Wildman–Crippen LogP) is 4.02. The molecule has 2 aromatic carbocycles. The van der Waals surface area contributed by atoms with Crippen LogP contribution in [0.1, 0.15) is 16.7 Å². The molecule has 0 N–H and O–H groups in total. The number of hydrogen-bond acceptors (Lipinski definition) is 0. The highest BCUT2D eigenvalue weighted by molar-refractivity contribution is 7.95. The number of fused-ring (bicyclic) bond motifs is 1. The second-order valence-corrected chi connectivity index (χ2v) is 6.99. The Labute approximate surface area is 112 Å². The summed E-state index contributed by atoms with van der Waals surface area (Å²) >= 11 is 0. The van der Waals surface area contributed by atoms with Crippen LogP contribution in [0, 0.1) is 0 Å². The van der Waals surface area contributed by atoms with E-state index in [4.69, 9.17) is 0 Å². The molecule has 1 heteroatoms. The van der Waals surface area contributed by atoms with Crippen molar-refractivity contribution in [3.05, 3.63) is 65.2 Å². The first-order valence-corrected chi connectivity index (χ1v) is 8.25. The van der Waals surface area contributed by atoms with Gasteiger partial charge in [0.1, 0.15) is 12.5 Å². The Bertz CT molecular complexity index is 591. The molecule has 0 atom stereocenters. The molecule has 90 valence electrons. The Morgan fingerprint density at radius 1 is 0.889 bits per heavy atom. The van der Waals surface area contributed by atoms with Gasteiger partial charge in [0.2, 0.25) is 0 Å². The van der Waals surface area contributed by atoms with E-state index in [2.05, 4.69) is 67.1 Å². The highest BCUT2D eigenvalue weighted by atomic mass is 32.2. The molecule has 0 bridgehead atoms. The van der Waals surface area contributed by atoms with Crippen molar-refractivity contribution >= 4 is 22.5 Å². The van der Waals surface area contributed by atoms with Gasteiger partial charge in [0.05, 0.1) is 0 Å². The first-order valence-electron chi connectivity index (χ1n) is 6.20. The van der Waals surface area contributed by atoms with E-state index in [9.17, 15) is 0 Å². The largest absolute Gasteiger partial charge is 0.154 e. The Kier molecular flexibility index (Phi) is 3.00. The van der Waals surface area contributed by atoms with Crippen LogP contribution in [0.15, 0.2) is 53.4 Å². The highest BCUT2D eigenvalue weighted by Gasteiger charge is 2.14. The zero-order chi connectivity index (χ0) is 12.5. The molecule has 0 saturated carbocycles. The minimum atomic E-state index is 0.352. The highest BCUT2D eigenvalue weighted by Crippen LogP contribution is 2.31. The number of benzene rings is 2. The van der Waals surface area contributed by atoms with Crippen molar-refractivity contribution in [1.82, 2.24) is 0 Å². The molecular weight excluding hydrogens is 236 g/mol. The van der Waals surface area contributed by atoms with Crippen molar-refractivity contribution in [3.8, 4) is 0 Å². The van der Waals surface area contributed by atoms with Crippen LogP contribution in [0.2, 0.25) is 0 Å². The second-order valence-electron chi connectivity index (χ2n) is 4.89. The predicted molar refractivity (Wildman–Crippen MR) is 81.9 cm³/mol. The lowest BCUT2D eigenvalue weighted by Gasteiger charge is -2.03. The van der Waals surface area contributed by atoms with Crippen LogP contribution in [0.4, 0.5) is 0 Å². The third-order valence-electron chi connectivity index (χ3n) is 3.46. The minimum absolute atomic E-state index is 0.352. The summed E-state index contributed by atoms with van der Waals surface area (Å²) in [5, 5.41) is 0. The summed E-state index contributed by atoms with van der Waals surface area (Å²) < 4.78 is 0. The van der Waals surface area contributed by atoms with Crippen LogP contribution in [0.5, 0.6) is 0 Å². The van der Waals surface area contributed by atoms with E-state index in [1.54, 1.807) is 0 Å². The fourth-order valence-electron chi connectivity index (χ4n) is 2.41. The van der Waals surface area contributed by atoms with Gasteiger partial charge in [-0.25, -0.2) is 0 Å². The lowest BCUT2D eigenvalue weighted by atomic mass is 10.0. The lowest BCUT2D eigenvalue weighted by molar-refractivity contribution is 1.31. The summed E-state index contributed by atoms with van der Waals surface area (Å²) in [4.78, 5) is 1.44. The Morgan fingerprint density at radius 3 is 2.28 bits per heavy atom.